The second kappa shape index (κ2) is 10.1. The molecule has 0 unspecified atom stereocenters. The minimum Gasteiger partial charge on any atom is -0.497 e. The number of methoxy groups -OCH3 is 1. The minimum atomic E-state index is -0.118. The van der Waals surface area contributed by atoms with E-state index in [0.717, 1.165) is 29.9 Å². The Bertz CT molecular complexity index is 806. The zero-order valence-corrected chi connectivity index (χ0v) is 17.1. The van der Waals surface area contributed by atoms with Crippen molar-refractivity contribution in [3.05, 3.63) is 65.7 Å². The number of ether oxygens (including phenoxy) is 3. The first-order chi connectivity index (χ1) is 14.1. The molecule has 29 heavy (non-hydrogen) atoms. The lowest BCUT2D eigenvalue weighted by Crippen LogP contribution is -2.44. The average molecular weight is 395 g/mol. The number of carbonyl (C=O) groups excluding carboxylic acids is 1. The maximum absolute atomic E-state index is 12.4. The molecule has 1 saturated heterocycles. The van der Waals surface area contributed by atoms with Crippen LogP contribution in [0.5, 0.6) is 11.5 Å². The summed E-state index contributed by atoms with van der Waals surface area (Å²) < 4.78 is 16.3. The lowest BCUT2D eigenvalue weighted by Gasteiger charge is -2.38. The second-order valence-corrected chi connectivity index (χ2v) is 7.17. The van der Waals surface area contributed by atoms with Crippen LogP contribution in [0.4, 0.5) is 0 Å². The quantitative estimate of drug-likeness (QED) is 0.687. The third-order valence-corrected chi connectivity index (χ3v) is 5.37. The zero-order valence-electron chi connectivity index (χ0n) is 17.1. The predicted octanol–water partition coefficient (Wildman–Crippen LogP) is 3.97. The Kier molecular flexibility index (Phi) is 7.30. The molecule has 1 fully saturated rings. The number of amides is 1. The van der Waals surface area contributed by atoms with Crippen LogP contribution in [0.15, 0.2) is 54.6 Å². The third kappa shape index (κ3) is 5.61. The van der Waals surface area contributed by atoms with Gasteiger partial charge in [0.15, 0.2) is 0 Å². The van der Waals surface area contributed by atoms with Gasteiger partial charge in [0.05, 0.1) is 13.7 Å². The highest BCUT2D eigenvalue weighted by Gasteiger charge is 2.34. The maximum Gasteiger partial charge on any atom is 0.244 e. The van der Waals surface area contributed by atoms with Gasteiger partial charge in [-0.3, -0.25) is 4.79 Å². The first kappa shape index (κ1) is 20.9. The molecule has 2 aromatic carbocycles. The van der Waals surface area contributed by atoms with Crippen molar-refractivity contribution >= 4 is 12.0 Å². The van der Waals surface area contributed by atoms with E-state index in [0.29, 0.717) is 26.4 Å². The summed E-state index contributed by atoms with van der Waals surface area (Å²) in [5.41, 5.74) is 2.05. The maximum atomic E-state index is 12.4. The molecule has 0 radical (unpaired) electrons. The van der Waals surface area contributed by atoms with Crippen LogP contribution < -0.4 is 14.8 Å². The molecule has 0 bridgehead atoms. The molecule has 0 spiro atoms. The van der Waals surface area contributed by atoms with Crippen molar-refractivity contribution in [3.8, 4) is 11.5 Å². The molecule has 0 aromatic heterocycles. The molecule has 3 rings (SSSR count). The van der Waals surface area contributed by atoms with E-state index >= 15 is 0 Å². The van der Waals surface area contributed by atoms with Crippen LogP contribution in [0.1, 0.15) is 30.9 Å². The molecule has 1 aliphatic heterocycles. The number of benzene rings is 2. The summed E-state index contributed by atoms with van der Waals surface area (Å²) in [6, 6.07) is 15.8. The van der Waals surface area contributed by atoms with E-state index in [1.807, 2.05) is 49.4 Å². The van der Waals surface area contributed by atoms with Gasteiger partial charge in [0.2, 0.25) is 5.91 Å². The second-order valence-electron chi connectivity index (χ2n) is 7.17. The van der Waals surface area contributed by atoms with Gasteiger partial charge in [-0.05, 0) is 61.2 Å². The van der Waals surface area contributed by atoms with Gasteiger partial charge in [-0.15, -0.1) is 0 Å². The molecule has 154 valence electrons. The summed E-state index contributed by atoms with van der Waals surface area (Å²) in [7, 11) is 1.66. The van der Waals surface area contributed by atoms with E-state index in [1.54, 1.807) is 13.2 Å². The zero-order chi connectivity index (χ0) is 20.5. The van der Waals surface area contributed by atoms with E-state index < -0.39 is 0 Å². The lowest BCUT2D eigenvalue weighted by atomic mass is 9.74. The highest BCUT2D eigenvalue weighted by Crippen LogP contribution is 2.35. The Hall–Kier alpha value is -2.79. The number of hydrogen-bond acceptors (Lipinski definition) is 4. The van der Waals surface area contributed by atoms with Gasteiger partial charge in [-0.2, -0.15) is 0 Å². The molecule has 5 heteroatoms. The Labute approximate surface area is 172 Å². The highest BCUT2D eigenvalue weighted by atomic mass is 16.5. The topological polar surface area (TPSA) is 56.8 Å². The van der Waals surface area contributed by atoms with Crippen LogP contribution in [-0.2, 0) is 14.9 Å². The molecule has 1 amide bonds. The van der Waals surface area contributed by atoms with Gasteiger partial charge < -0.3 is 19.5 Å². The Morgan fingerprint density at radius 1 is 1.07 bits per heavy atom. The van der Waals surface area contributed by atoms with Crippen molar-refractivity contribution in [2.75, 3.05) is 33.5 Å². The molecular weight excluding hydrogens is 366 g/mol. The predicted molar refractivity (Wildman–Crippen MR) is 114 cm³/mol. The van der Waals surface area contributed by atoms with Gasteiger partial charge in [-0.25, -0.2) is 0 Å². The van der Waals surface area contributed by atoms with Crippen molar-refractivity contribution in [3.63, 3.8) is 0 Å². The van der Waals surface area contributed by atoms with E-state index in [-0.39, 0.29) is 11.3 Å². The molecule has 2 aromatic rings. The Morgan fingerprint density at radius 3 is 2.34 bits per heavy atom. The lowest BCUT2D eigenvalue weighted by molar-refractivity contribution is -0.116. The monoisotopic (exact) mass is 395 g/mol. The first-order valence-corrected chi connectivity index (χ1v) is 10.1. The van der Waals surface area contributed by atoms with Gasteiger partial charge >= 0.3 is 0 Å². The van der Waals surface area contributed by atoms with E-state index in [4.69, 9.17) is 14.2 Å². The van der Waals surface area contributed by atoms with Crippen LogP contribution in [0, 0.1) is 0 Å². The van der Waals surface area contributed by atoms with Gasteiger partial charge in [0.1, 0.15) is 11.5 Å². The summed E-state index contributed by atoms with van der Waals surface area (Å²) in [5, 5.41) is 3.08. The molecule has 1 N–H and O–H groups in total. The fraction of sp³-hybridized carbons (Fsp3) is 0.375. The minimum absolute atomic E-state index is 0.0988. The van der Waals surface area contributed by atoms with Crippen LogP contribution in [0.25, 0.3) is 6.08 Å². The van der Waals surface area contributed by atoms with Crippen molar-refractivity contribution in [2.24, 2.45) is 0 Å². The number of nitrogens with one attached hydrogen (secondary N) is 1. The van der Waals surface area contributed by atoms with Crippen molar-refractivity contribution in [2.45, 2.75) is 25.2 Å². The average Bonchev–Trinajstić information content (AvgIpc) is 2.78. The standard InChI is InChI=1S/C24H29NO4/c1-3-29-22-9-4-19(5-10-22)6-13-23(26)25-18-24(14-16-28-17-15-24)20-7-11-21(27-2)12-8-20/h4-13H,3,14-18H2,1-2H3,(H,25,26)/b13-6+. The summed E-state index contributed by atoms with van der Waals surface area (Å²) in [6.07, 6.45) is 5.15. The van der Waals surface area contributed by atoms with Crippen molar-refractivity contribution < 1.29 is 19.0 Å². The van der Waals surface area contributed by atoms with Crippen LogP contribution >= 0.6 is 0 Å². The Morgan fingerprint density at radius 2 is 1.72 bits per heavy atom. The molecule has 1 aliphatic rings. The van der Waals surface area contributed by atoms with Crippen molar-refractivity contribution in [1.29, 1.82) is 0 Å². The summed E-state index contributed by atoms with van der Waals surface area (Å²) in [4.78, 5) is 12.4. The molecule has 1 heterocycles. The molecule has 0 aliphatic carbocycles. The first-order valence-electron chi connectivity index (χ1n) is 10.1. The van der Waals surface area contributed by atoms with Crippen molar-refractivity contribution in [1.82, 2.24) is 5.32 Å². The normalized spacial score (nSPS) is 15.8. The van der Waals surface area contributed by atoms with E-state index in [1.165, 1.54) is 5.56 Å². The summed E-state index contributed by atoms with van der Waals surface area (Å²) >= 11 is 0. The Balaban J connectivity index is 1.63. The van der Waals surface area contributed by atoms with Crippen LogP contribution in [-0.4, -0.2) is 39.4 Å². The fourth-order valence-corrected chi connectivity index (χ4v) is 3.60. The van der Waals surface area contributed by atoms with Gasteiger partial charge in [0, 0.05) is 31.2 Å². The fourth-order valence-electron chi connectivity index (χ4n) is 3.60. The summed E-state index contributed by atoms with van der Waals surface area (Å²) in [6.45, 7) is 4.57. The third-order valence-electron chi connectivity index (χ3n) is 5.37. The van der Waals surface area contributed by atoms with Gasteiger partial charge in [-0.1, -0.05) is 24.3 Å². The highest BCUT2D eigenvalue weighted by molar-refractivity contribution is 5.91. The smallest absolute Gasteiger partial charge is 0.244 e. The SMILES string of the molecule is CCOc1ccc(/C=C/C(=O)NCC2(c3ccc(OC)cc3)CCOCC2)cc1. The van der Waals surface area contributed by atoms with E-state index in [2.05, 4.69) is 17.4 Å². The number of carbonyl (C=O) groups is 1. The molecule has 0 atom stereocenters. The van der Waals surface area contributed by atoms with Crippen LogP contribution in [0.3, 0.4) is 0 Å². The summed E-state index contributed by atoms with van der Waals surface area (Å²) in [5.74, 6) is 1.56. The molecule has 0 saturated carbocycles. The van der Waals surface area contributed by atoms with Gasteiger partial charge in [0.25, 0.3) is 0 Å². The largest absolute Gasteiger partial charge is 0.497 e. The van der Waals surface area contributed by atoms with Crippen LogP contribution in [0.2, 0.25) is 0 Å². The van der Waals surface area contributed by atoms with E-state index in [9.17, 15) is 4.79 Å². The number of rotatable bonds is 8. The number of hydrogen-bond donors (Lipinski definition) is 1. The molecule has 5 nitrogen and oxygen atoms in total. The molecular formula is C24H29NO4.